The van der Waals surface area contributed by atoms with Gasteiger partial charge in [-0.25, -0.2) is 14.8 Å². The van der Waals surface area contributed by atoms with Crippen LogP contribution in [0.2, 0.25) is 0 Å². The third kappa shape index (κ3) is 4.92. The van der Waals surface area contributed by atoms with Gasteiger partial charge in [0, 0.05) is 26.2 Å². The maximum Gasteiger partial charge on any atom is 0.409 e. The van der Waals surface area contributed by atoms with Crippen molar-refractivity contribution in [2.45, 2.75) is 13.8 Å². The molecule has 3 rings (SSSR count). The normalized spacial score (nSPS) is 13.8. The monoisotopic (exact) mass is 399 g/mol. The third-order valence-corrected chi connectivity index (χ3v) is 4.60. The molecule has 0 radical (unpaired) electrons. The van der Waals surface area contributed by atoms with Crippen LogP contribution < -0.4 is 15.0 Å². The number of ether oxygens (including phenoxy) is 2. The van der Waals surface area contributed by atoms with Gasteiger partial charge in [-0.3, -0.25) is 4.79 Å². The summed E-state index contributed by atoms with van der Waals surface area (Å²) in [6.45, 7) is 6.44. The first-order valence-corrected chi connectivity index (χ1v) is 9.46. The Morgan fingerprint density at radius 2 is 1.90 bits per heavy atom. The number of methoxy groups -OCH3 is 1. The van der Waals surface area contributed by atoms with Gasteiger partial charge in [-0.2, -0.15) is 0 Å². The molecule has 0 spiro atoms. The van der Waals surface area contributed by atoms with Gasteiger partial charge in [-0.15, -0.1) is 0 Å². The Morgan fingerprint density at radius 3 is 2.52 bits per heavy atom. The topological polar surface area (TPSA) is 96.9 Å². The molecular formula is C20H25N5O4. The van der Waals surface area contributed by atoms with Crippen LogP contribution in [0.1, 0.15) is 23.0 Å². The van der Waals surface area contributed by atoms with E-state index in [1.165, 1.54) is 6.20 Å². The SMILES string of the molecule is CCOC(=O)N1CCN(c2cnc(C(=O)Nc3cc(C)ccc3OC)cn2)CC1. The van der Waals surface area contributed by atoms with Gasteiger partial charge in [-0.1, -0.05) is 6.07 Å². The van der Waals surface area contributed by atoms with Gasteiger partial charge < -0.3 is 24.6 Å². The van der Waals surface area contributed by atoms with Crippen molar-refractivity contribution < 1.29 is 19.1 Å². The number of rotatable bonds is 5. The number of carbonyl (C=O) groups is 2. The van der Waals surface area contributed by atoms with Crippen molar-refractivity contribution in [3.8, 4) is 5.75 Å². The summed E-state index contributed by atoms with van der Waals surface area (Å²) in [7, 11) is 1.55. The van der Waals surface area contributed by atoms with E-state index < -0.39 is 0 Å². The number of hydrogen-bond donors (Lipinski definition) is 1. The quantitative estimate of drug-likeness (QED) is 0.824. The fourth-order valence-corrected chi connectivity index (χ4v) is 3.04. The molecule has 1 fully saturated rings. The Kier molecular flexibility index (Phi) is 6.48. The fraction of sp³-hybridized carbons (Fsp3) is 0.400. The summed E-state index contributed by atoms with van der Waals surface area (Å²) in [5.74, 6) is 0.881. The van der Waals surface area contributed by atoms with Crippen LogP contribution in [0.5, 0.6) is 5.75 Å². The molecule has 1 aromatic carbocycles. The molecule has 2 aromatic rings. The van der Waals surface area contributed by atoms with E-state index in [0.29, 0.717) is 50.0 Å². The number of aromatic nitrogens is 2. The Hall–Kier alpha value is -3.36. The lowest BCUT2D eigenvalue weighted by Gasteiger charge is -2.34. The lowest BCUT2D eigenvalue weighted by atomic mass is 10.2. The second-order valence-electron chi connectivity index (χ2n) is 6.59. The number of piperazine rings is 1. The van der Waals surface area contributed by atoms with Crippen LogP contribution in [0, 0.1) is 6.92 Å². The van der Waals surface area contributed by atoms with E-state index in [1.54, 1.807) is 31.2 Å². The van der Waals surface area contributed by atoms with E-state index >= 15 is 0 Å². The Balaban J connectivity index is 1.61. The highest BCUT2D eigenvalue weighted by Crippen LogP contribution is 2.25. The van der Waals surface area contributed by atoms with Crippen LogP contribution in [-0.4, -0.2) is 66.8 Å². The molecule has 1 N–H and O–H groups in total. The number of nitrogens with one attached hydrogen (secondary N) is 1. The number of aryl methyl sites for hydroxylation is 1. The highest BCUT2D eigenvalue weighted by atomic mass is 16.6. The Bertz CT molecular complexity index is 864. The van der Waals surface area contributed by atoms with Crippen molar-refractivity contribution in [3.63, 3.8) is 0 Å². The van der Waals surface area contributed by atoms with E-state index in [2.05, 4.69) is 15.3 Å². The molecule has 0 bridgehead atoms. The van der Waals surface area contributed by atoms with Crippen molar-refractivity contribution in [1.29, 1.82) is 0 Å². The minimum atomic E-state index is -0.361. The molecule has 0 unspecified atom stereocenters. The van der Waals surface area contributed by atoms with Crippen molar-refractivity contribution >= 4 is 23.5 Å². The minimum absolute atomic E-state index is 0.211. The molecule has 9 heteroatoms. The molecule has 9 nitrogen and oxygen atoms in total. The van der Waals surface area contributed by atoms with Crippen LogP contribution >= 0.6 is 0 Å². The minimum Gasteiger partial charge on any atom is -0.495 e. The first kappa shape index (κ1) is 20.4. The van der Waals surface area contributed by atoms with Crippen molar-refractivity contribution in [2.75, 3.05) is 50.1 Å². The summed E-state index contributed by atoms with van der Waals surface area (Å²) in [5.41, 5.74) is 1.80. The second kappa shape index (κ2) is 9.22. The number of hydrogen-bond acceptors (Lipinski definition) is 7. The zero-order valence-electron chi connectivity index (χ0n) is 16.8. The van der Waals surface area contributed by atoms with Crippen LogP contribution in [0.4, 0.5) is 16.3 Å². The summed E-state index contributed by atoms with van der Waals surface area (Å²) in [5, 5.41) is 2.81. The summed E-state index contributed by atoms with van der Waals surface area (Å²) < 4.78 is 10.3. The lowest BCUT2D eigenvalue weighted by molar-refractivity contribution is 0.101. The molecule has 1 aromatic heterocycles. The van der Waals surface area contributed by atoms with Gasteiger partial charge in [0.15, 0.2) is 0 Å². The smallest absolute Gasteiger partial charge is 0.409 e. The average molecular weight is 399 g/mol. The van der Waals surface area contributed by atoms with Gasteiger partial charge in [0.2, 0.25) is 0 Å². The number of amides is 2. The second-order valence-corrected chi connectivity index (χ2v) is 6.59. The molecule has 1 aliphatic heterocycles. The van der Waals surface area contributed by atoms with Crippen molar-refractivity contribution in [1.82, 2.24) is 14.9 Å². The van der Waals surface area contributed by atoms with Crippen LogP contribution in [-0.2, 0) is 4.74 Å². The molecule has 0 saturated carbocycles. The van der Waals surface area contributed by atoms with Gasteiger partial charge >= 0.3 is 6.09 Å². The maximum atomic E-state index is 12.5. The molecular weight excluding hydrogens is 374 g/mol. The van der Waals surface area contributed by atoms with E-state index in [9.17, 15) is 9.59 Å². The predicted molar refractivity (Wildman–Crippen MR) is 109 cm³/mol. The van der Waals surface area contributed by atoms with E-state index in [4.69, 9.17) is 9.47 Å². The highest BCUT2D eigenvalue weighted by Gasteiger charge is 2.23. The molecule has 2 heterocycles. The van der Waals surface area contributed by atoms with Gasteiger partial charge in [0.05, 0.1) is 31.8 Å². The fourth-order valence-electron chi connectivity index (χ4n) is 3.04. The summed E-state index contributed by atoms with van der Waals surface area (Å²) in [6, 6.07) is 5.54. The Morgan fingerprint density at radius 1 is 1.14 bits per heavy atom. The number of nitrogens with zero attached hydrogens (tertiary/aromatic N) is 4. The molecule has 2 amide bonds. The third-order valence-electron chi connectivity index (χ3n) is 4.60. The van der Waals surface area contributed by atoms with E-state index in [1.807, 2.05) is 24.0 Å². The molecule has 0 atom stereocenters. The molecule has 29 heavy (non-hydrogen) atoms. The first-order valence-electron chi connectivity index (χ1n) is 9.46. The predicted octanol–water partition coefficient (Wildman–Crippen LogP) is 2.32. The van der Waals surface area contributed by atoms with Crippen LogP contribution in [0.25, 0.3) is 0 Å². The highest BCUT2D eigenvalue weighted by molar-refractivity contribution is 6.03. The standard InChI is InChI=1S/C20H25N5O4/c1-4-29-20(27)25-9-7-24(8-10-25)18-13-21-16(12-22-18)19(26)23-15-11-14(2)5-6-17(15)28-3/h5-6,11-13H,4,7-10H2,1-3H3,(H,23,26). The average Bonchev–Trinajstić information content (AvgIpc) is 2.74. The number of carbonyl (C=O) groups excluding carboxylic acids is 2. The maximum absolute atomic E-state index is 12.5. The zero-order valence-corrected chi connectivity index (χ0v) is 16.8. The molecule has 0 aliphatic carbocycles. The zero-order chi connectivity index (χ0) is 20.8. The Labute approximate surface area is 169 Å². The summed E-state index contributed by atoms with van der Waals surface area (Å²) >= 11 is 0. The van der Waals surface area contributed by atoms with Gasteiger partial charge in [0.1, 0.15) is 17.3 Å². The lowest BCUT2D eigenvalue weighted by Crippen LogP contribution is -2.49. The van der Waals surface area contributed by atoms with Gasteiger partial charge in [-0.05, 0) is 31.5 Å². The molecule has 1 aliphatic rings. The van der Waals surface area contributed by atoms with Gasteiger partial charge in [0.25, 0.3) is 5.91 Å². The molecule has 1 saturated heterocycles. The largest absolute Gasteiger partial charge is 0.495 e. The molecule has 154 valence electrons. The van der Waals surface area contributed by atoms with E-state index in [-0.39, 0.29) is 17.7 Å². The van der Waals surface area contributed by atoms with Crippen molar-refractivity contribution in [2.24, 2.45) is 0 Å². The summed E-state index contributed by atoms with van der Waals surface area (Å²) in [4.78, 5) is 36.6. The number of benzene rings is 1. The van der Waals surface area contributed by atoms with E-state index in [0.717, 1.165) is 5.56 Å². The van der Waals surface area contributed by atoms with Crippen molar-refractivity contribution in [3.05, 3.63) is 41.9 Å². The summed E-state index contributed by atoms with van der Waals surface area (Å²) in [6.07, 6.45) is 2.73. The number of anilines is 2. The first-order chi connectivity index (χ1) is 14.0. The van der Waals surface area contributed by atoms with Crippen LogP contribution in [0.3, 0.4) is 0 Å². The van der Waals surface area contributed by atoms with Crippen LogP contribution in [0.15, 0.2) is 30.6 Å².